The summed E-state index contributed by atoms with van der Waals surface area (Å²) in [6, 6.07) is 11.6. The second-order valence-corrected chi connectivity index (χ2v) is 6.44. The standard InChI is InChI=1S/C19H23N3/c1-14-4-7-17-16(13-14)6-5-15-3-2-8-21-18(15)19(17)22-11-9-20-10-12-22/h2-4,7-8,13,19-20H,5-6,9-12H2,1H3. The van der Waals surface area contributed by atoms with Crippen molar-refractivity contribution < 1.29 is 0 Å². The molecule has 3 heteroatoms. The van der Waals surface area contributed by atoms with Gasteiger partial charge < -0.3 is 5.32 Å². The fourth-order valence-electron chi connectivity index (χ4n) is 3.85. The highest BCUT2D eigenvalue weighted by Crippen LogP contribution is 2.36. The summed E-state index contributed by atoms with van der Waals surface area (Å²) in [5.41, 5.74) is 7.01. The van der Waals surface area contributed by atoms with Crippen LogP contribution in [0, 0.1) is 6.92 Å². The zero-order valence-corrected chi connectivity index (χ0v) is 13.2. The van der Waals surface area contributed by atoms with Gasteiger partial charge in [0.25, 0.3) is 0 Å². The third kappa shape index (κ3) is 2.44. The van der Waals surface area contributed by atoms with Crippen LogP contribution in [0.15, 0.2) is 36.5 Å². The molecule has 114 valence electrons. The van der Waals surface area contributed by atoms with E-state index < -0.39 is 0 Å². The van der Waals surface area contributed by atoms with Crippen LogP contribution in [-0.2, 0) is 12.8 Å². The molecule has 4 rings (SSSR count). The van der Waals surface area contributed by atoms with Crippen LogP contribution in [0.25, 0.3) is 0 Å². The molecule has 2 aliphatic rings. The molecule has 0 spiro atoms. The maximum atomic E-state index is 4.80. The average molecular weight is 293 g/mol. The highest BCUT2D eigenvalue weighted by Gasteiger charge is 2.30. The monoisotopic (exact) mass is 293 g/mol. The van der Waals surface area contributed by atoms with E-state index in [9.17, 15) is 0 Å². The van der Waals surface area contributed by atoms with Gasteiger partial charge in [0.2, 0.25) is 0 Å². The molecule has 2 heterocycles. The van der Waals surface area contributed by atoms with Gasteiger partial charge in [-0.25, -0.2) is 0 Å². The summed E-state index contributed by atoms with van der Waals surface area (Å²) in [7, 11) is 0. The van der Waals surface area contributed by atoms with Crippen molar-refractivity contribution in [2.45, 2.75) is 25.8 Å². The van der Waals surface area contributed by atoms with Crippen molar-refractivity contribution in [3.05, 3.63) is 64.5 Å². The number of benzene rings is 1. The smallest absolute Gasteiger partial charge is 0.0782 e. The number of fused-ring (bicyclic) bond motifs is 2. The lowest BCUT2D eigenvalue weighted by Crippen LogP contribution is -2.45. The van der Waals surface area contributed by atoms with E-state index in [-0.39, 0.29) is 0 Å². The molecule has 1 aliphatic heterocycles. The number of hydrogen-bond donors (Lipinski definition) is 1. The van der Waals surface area contributed by atoms with Crippen LogP contribution in [0.1, 0.15) is 34.0 Å². The molecule has 1 atom stereocenters. The van der Waals surface area contributed by atoms with E-state index in [1.165, 1.54) is 27.9 Å². The molecule has 0 saturated carbocycles. The third-order valence-corrected chi connectivity index (χ3v) is 4.96. The van der Waals surface area contributed by atoms with E-state index in [1.54, 1.807) is 0 Å². The van der Waals surface area contributed by atoms with Crippen molar-refractivity contribution in [3.8, 4) is 0 Å². The Kier molecular flexibility index (Phi) is 3.68. The van der Waals surface area contributed by atoms with Crippen LogP contribution < -0.4 is 5.32 Å². The molecule has 1 aromatic carbocycles. The molecule has 1 saturated heterocycles. The van der Waals surface area contributed by atoms with Crippen molar-refractivity contribution in [1.82, 2.24) is 15.2 Å². The summed E-state index contributed by atoms with van der Waals surface area (Å²) in [5, 5.41) is 3.46. The Morgan fingerprint density at radius 2 is 1.91 bits per heavy atom. The molecule has 1 N–H and O–H groups in total. The van der Waals surface area contributed by atoms with Crippen LogP contribution in [0.5, 0.6) is 0 Å². The first-order valence-electron chi connectivity index (χ1n) is 8.31. The van der Waals surface area contributed by atoms with Crippen LogP contribution in [0.4, 0.5) is 0 Å². The topological polar surface area (TPSA) is 28.2 Å². The zero-order chi connectivity index (χ0) is 14.9. The third-order valence-electron chi connectivity index (χ3n) is 4.96. The van der Waals surface area contributed by atoms with Gasteiger partial charge in [-0.2, -0.15) is 0 Å². The van der Waals surface area contributed by atoms with Crippen molar-refractivity contribution in [1.29, 1.82) is 0 Å². The van der Waals surface area contributed by atoms with Gasteiger partial charge in [0.05, 0.1) is 11.7 Å². The highest BCUT2D eigenvalue weighted by atomic mass is 15.2. The first-order valence-corrected chi connectivity index (χ1v) is 8.31. The molecule has 2 aromatic rings. The highest BCUT2D eigenvalue weighted by molar-refractivity contribution is 5.43. The van der Waals surface area contributed by atoms with Gasteiger partial charge in [-0.1, -0.05) is 29.8 Å². The number of pyridine rings is 1. The summed E-state index contributed by atoms with van der Waals surface area (Å²) in [5.74, 6) is 0. The predicted molar refractivity (Wildman–Crippen MR) is 89.1 cm³/mol. The number of hydrogen-bond acceptors (Lipinski definition) is 3. The molecule has 1 aromatic heterocycles. The summed E-state index contributed by atoms with van der Waals surface area (Å²) < 4.78 is 0. The van der Waals surface area contributed by atoms with Crippen LogP contribution in [0.2, 0.25) is 0 Å². The van der Waals surface area contributed by atoms with Gasteiger partial charge in [0.15, 0.2) is 0 Å². The van der Waals surface area contributed by atoms with E-state index in [2.05, 4.69) is 47.5 Å². The zero-order valence-electron chi connectivity index (χ0n) is 13.2. The lowest BCUT2D eigenvalue weighted by molar-refractivity contribution is 0.195. The minimum atomic E-state index is 0.316. The fraction of sp³-hybridized carbons (Fsp3) is 0.421. The number of rotatable bonds is 1. The first kappa shape index (κ1) is 13.9. The van der Waals surface area contributed by atoms with E-state index >= 15 is 0 Å². The van der Waals surface area contributed by atoms with E-state index in [0.29, 0.717) is 6.04 Å². The Hall–Kier alpha value is -1.71. The van der Waals surface area contributed by atoms with Gasteiger partial charge in [-0.15, -0.1) is 0 Å². The van der Waals surface area contributed by atoms with Crippen molar-refractivity contribution >= 4 is 0 Å². The minimum Gasteiger partial charge on any atom is -0.314 e. The molecule has 1 aliphatic carbocycles. The second-order valence-electron chi connectivity index (χ2n) is 6.44. The van der Waals surface area contributed by atoms with E-state index in [0.717, 1.165) is 39.0 Å². The molecular formula is C19H23N3. The van der Waals surface area contributed by atoms with Crippen molar-refractivity contribution in [3.63, 3.8) is 0 Å². The fourth-order valence-corrected chi connectivity index (χ4v) is 3.85. The van der Waals surface area contributed by atoms with Gasteiger partial charge >= 0.3 is 0 Å². The van der Waals surface area contributed by atoms with Gasteiger partial charge in [0.1, 0.15) is 0 Å². The average Bonchev–Trinajstić information content (AvgIpc) is 2.72. The van der Waals surface area contributed by atoms with Crippen molar-refractivity contribution in [2.75, 3.05) is 26.2 Å². The molecule has 3 nitrogen and oxygen atoms in total. The van der Waals surface area contributed by atoms with Crippen molar-refractivity contribution in [2.24, 2.45) is 0 Å². The number of piperazine rings is 1. The quantitative estimate of drug-likeness (QED) is 0.875. The SMILES string of the molecule is Cc1ccc2c(c1)CCc1cccnc1C2N1CCNCC1. The predicted octanol–water partition coefficient (Wildman–Crippen LogP) is 2.48. The molecule has 0 bridgehead atoms. The normalized spacial score (nSPS) is 21.8. The summed E-state index contributed by atoms with van der Waals surface area (Å²) in [6.45, 7) is 6.51. The summed E-state index contributed by atoms with van der Waals surface area (Å²) >= 11 is 0. The molecule has 1 unspecified atom stereocenters. The lowest BCUT2D eigenvalue weighted by atomic mass is 9.95. The molecule has 0 amide bonds. The Morgan fingerprint density at radius 3 is 2.77 bits per heavy atom. The second kappa shape index (κ2) is 5.82. The summed E-state index contributed by atoms with van der Waals surface area (Å²) in [6.07, 6.45) is 4.17. The Morgan fingerprint density at radius 1 is 1.09 bits per heavy atom. The maximum Gasteiger partial charge on any atom is 0.0782 e. The van der Waals surface area contributed by atoms with Gasteiger partial charge in [-0.3, -0.25) is 9.88 Å². The lowest BCUT2D eigenvalue weighted by Gasteiger charge is -2.35. The number of nitrogens with zero attached hydrogens (tertiary/aromatic N) is 2. The Balaban J connectivity index is 1.86. The number of nitrogens with one attached hydrogen (secondary N) is 1. The van der Waals surface area contributed by atoms with E-state index in [1.807, 2.05) is 6.20 Å². The largest absolute Gasteiger partial charge is 0.314 e. The number of aryl methyl sites for hydroxylation is 3. The maximum absolute atomic E-state index is 4.80. The molecule has 22 heavy (non-hydrogen) atoms. The first-order chi connectivity index (χ1) is 10.8. The molecule has 1 fully saturated rings. The van der Waals surface area contributed by atoms with Crippen LogP contribution in [-0.4, -0.2) is 36.1 Å². The minimum absolute atomic E-state index is 0.316. The molecule has 0 radical (unpaired) electrons. The van der Waals surface area contributed by atoms with Gasteiger partial charge in [0, 0.05) is 32.4 Å². The number of aromatic nitrogens is 1. The Labute approximate surface area is 132 Å². The van der Waals surface area contributed by atoms with Gasteiger partial charge in [-0.05, 0) is 42.5 Å². The molecular weight excluding hydrogens is 270 g/mol. The van der Waals surface area contributed by atoms with E-state index in [4.69, 9.17) is 4.98 Å². The summed E-state index contributed by atoms with van der Waals surface area (Å²) in [4.78, 5) is 7.39. The van der Waals surface area contributed by atoms with Crippen LogP contribution in [0.3, 0.4) is 0 Å². The van der Waals surface area contributed by atoms with Crippen LogP contribution >= 0.6 is 0 Å². The Bertz CT molecular complexity index is 674.